The Morgan fingerprint density at radius 2 is 2.12 bits per heavy atom. The minimum atomic E-state index is -0.308. The number of thiophene rings is 1. The summed E-state index contributed by atoms with van der Waals surface area (Å²) >= 11 is 1.64. The predicted octanol–water partition coefficient (Wildman–Crippen LogP) is 3.16. The van der Waals surface area contributed by atoms with Crippen molar-refractivity contribution in [3.8, 4) is 5.75 Å². The van der Waals surface area contributed by atoms with E-state index in [2.05, 4.69) is 0 Å². The summed E-state index contributed by atoms with van der Waals surface area (Å²) in [5.41, 5.74) is 0.728. The van der Waals surface area contributed by atoms with Gasteiger partial charge in [-0.05, 0) is 30.5 Å². The Bertz CT molecular complexity index is 745. The lowest BCUT2D eigenvalue weighted by Crippen LogP contribution is -2.36. The van der Waals surface area contributed by atoms with E-state index in [0.717, 1.165) is 10.6 Å². The molecule has 0 spiro atoms. The zero-order chi connectivity index (χ0) is 17.8. The highest BCUT2D eigenvalue weighted by molar-refractivity contribution is 7.09. The molecule has 0 saturated carbocycles. The van der Waals surface area contributed by atoms with Gasteiger partial charge in [-0.1, -0.05) is 18.2 Å². The Morgan fingerprint density at radius 3 is 2.80 bits per heavy atom. The van der Waals surface area contributed by atoms with Crippen molar-refractivity contribution in [2.75, 3.05) is 25.1 Å². The van der Waals surface area contributed by atoms with Gasteiger partial charge in [-0.3, -0.25) is 9.59 Å². The van der Waals surface area contributed by atoms with Crippen molar-refractivity contribution >= 4 is 28.8 Å². The van der Waals surface area contributed by atoms with Crippen molar-refractivity contribution in [3.05, 3.63) is 46.7 Å². The fourth-order valence-electron chi connectivity index (χ4n) is 3.15. The smallest absolute Gasteiger partial charge is 0.228 e. The number of amides is 2. The summed E-state index contributed by atoms with van der Waals surface area (Å²) in [7, 11) is 1.59. The molecule has 1 aliphatic heterocycles. The Balaban J connectivity index is 1.73. The second-order valence-electron chi connectivity index (χ2n) is 6.01. The number of anilines is 1. The molecule has 2 amide bonds. The van der Waals surface area contributed by atoms with E-state index in [4.69, 9.17) is 4.74 Å². The van der Waals surface area contributed by atoms with E-state index in [1.54, 1.807) is 23.3 Å². The van der Waals surface area contributed by atoms with E-state index in [1.165, 1.54) is 0 Å². The number of para-hydroxylation sites is 2. The molecule has 0 radical (unpaired) electrons. The van der Waals surface area contributed by atoms with Gasteiger partial charge < -0.3 is 14.5 Å². The highest BCUT2D eigenvalue weighted by Gasteiger charge is 2.37. The van der Waals surface area contributed by atoms with Crippen LogP contribution in [-0.4, -0.2) is 36.9 Å². The van der Waals surface area contributed by atoms with Gasteiger partial charge in [0.05, 0.1) is 25.3 Å². The average Bonchev–Trinajstić information content (AvgIpc) is 3.28. The quantitative estimate of drug-likeness (QED) is 0.797. The van der Waals surface area contributed by atoms with Crippen molar-refractivity contribution < 1.29 is 14.3 Å². The number of carbonyl (C=O) groups excluding carboxylic acids is 2. The highest BCUT2D eigenvalue weighted by atomic mass is 32.1. The van der Waals surface area contributed by atoms with Crippen LogP contribution in [0.25, 0.3) is 0 Å². The van der Waals surface area contributed by atoms with Gasteiger partial charge in [0.15, 0.2) is 0 Å². The molecule has 2 heterocycles. The number of hydrogen-bond acceptors (Lipinski definition) is 4. The van der Waals surface area contributed by atoms with Crippen LogP contribution in [0.4, 0.5) is 5.69 Å². The van der Waals surface area contributed by atoms with Gasteiger partial charge in [0.2, 0.25) is 11.8 Å². The van der Waals surface area contributed by atoms with Crippen molar-refractivity contribution in [1.29, 1.82) is 0 Å². The Kier molecular flexibility index (Phi) is 5.38. The molecule has 132 valence electrons. The van der Waals surface area contributed by atoms with Gasteiger partial charge in [-0.15, -0.1) is 11.3 Å². The van der Waals surface area contributed by atoms with Crippen molar-refractivity contribution in [1.82, 2.24) is 4.90 Å². The summed E-state index contributed by atoms with van der Waals surface area (Å²) in [6.45, 7) is 3.61. The first kappa shape index (κ1) is 17.5. The number of hydrogen-bond donors (Lipinski definition) is 0. The van der Waals surface area contributed by atoms with Crippen LogP contribution in [0.2, 0.25) is 0 Å². The average molecular weight is 358 g/mol. The molecule has 0 bridgehead atoms. The van der Waals surface area contributed by atoms with Gasteiger partial charge in [0, 0.05) is 24.4 Å². The molecule has 0 aliphatic carbocycles. The molecule has 1 aromatic heterocycles. The molecule has 25 heavy (non-hydrogen) atoms. The first-order valence-corrected chi connectivity index (χ1v) is 9.26. The minimum Gasteiger partial charge on any atom is -0.495 e. The van der Waals surface area contributed by atoms with E-state index in [1.807, 2.05) is 53.6 Å². The summed E-state index contributed by atoms with van der Waals surface area (Å²) in [4.78, 5) is 30.0. The van der Waals surface area contributed by atoms with Crippen LogP contribution < -0.4 is 9.64 Å². The zero-order valence-corrected chi connectivity index (χ0v) is 15.3. The topological polar surface area (TPSA) is 49.9 Å². The SMILES string of the molecule is CCN(Cc1cccs1)C(=O)C1CC(=O)N(c2ccccc2OC)C1. The maximum atomic E-state index is 12.9. The van der Waals surface area contributed by atoms with Crippen molar-refractivity contribution in [2.45, 2.75) is 19.9 Å². The Morgan fingerprint density at radius 1 is 1.32 bits per heavy atom. The van der Waals surface area contributed by atoms with Crippen LogP contribution in [0.1, 0.15) is 18.2 Å². The van der Waals surface area contributed by atoms with Gasteiger partial charge in [-0.25, -0.2) is 0 Å². The molecule has 1 atom stereocenters. The van der Waals surface area contributed by atoms with Crippen LogP contribution in [-0.2, 0) is 16.1 Å². The highest BCUT2D eigenvalue weighted by Crippen LogP contribution is 2.33. The third kappa shape index (κ3) is 3.69. The number of carbonyl (C=O) groups is 2. The van der Waals surface area contributed by atoms with Gasteiger partial charge in [-0.2, -0.15) is 0 Å². The first-order valence-electron chi connectivity index (χ1n) is 8.38. The summed E-state index contributed by atoms with van der Waals surface area (Å²) in [6.07, 6.45) is 0.248. The Hall–Kier alpha value is -2.34. The second-order valence-corrected chi connectivity index (χ2v) is 7.04. The largest absolute Gasteiger partial charge is 0.495 e. The molecule has 5 nitrogen and oxygen atoms in total. The molecule has 0 N–H and O–H groups in total. The molecule has 6 heteroatoms. The number of rotatable bonds is 6. The van der Waals surface area contributed by atoms with E-state index in [0.29, 0.717) is 25.4 Å². The standard InChI is InChI=1S/C19H22N2O3S/c1-3-20(13-15-7-6-10-25-15)19(23)14-11-18(22)21(12-14)16-8-4-5-9-17(16)24-2/h4-10,14H,3,11-13H2,1-2H3. The van der Waals surface area contributed by atoms with Gasteiger partial charge in [0.25, 0.3) is 0 Å². The van der Waals surface area contributed by atoms with Crippen molar-refractivity contribution in [2.24, 2.45) is 5.92 Å². The third-order valence-corrected chi connectivity index (χ3v) is 5.33. The monoisotopic (exact) mass is 358 g/mol. The molecule has 1 aromatic carbocycles. The maximum Gasteiger partial charge on any atom is 0.228 e. The van der Waals surface area contributed by atoms with Gasteiger partial charge >= 0.3 is 0 Å². The van der Waals surface area contributed by atoms with Gasteiger partial charge in [0.1, 0.15) is 5.75 Å². The van der Waals surface area contributed by atoms with E-state index >= 15 is 0 Å². The number of benzene rings is 1. The summed E-state index contributed by atoms with van der Waals surface area (Å²) in [5, 5.41) is 2.01. The number of nitrogens with zero attached hydrogens (tertiary/aromatic N) is 2. The van der Waals surface area contributed by atoms with E-state index < -0.39 is 0 Å². The fraction of sp³-hybridized carbons (Fsp3) is 0.368. The lowest BCUT2D eigenvalue weighted by atomic mass is 10.1. The normalized spacial score (nSPS) is 17.0. The minimum absolute atomic E-state index is 0.0324. The maximum absolute atomic E-state index is 12.9. The summed E-state index contributed by atoms with van der Waals surface area (Å²) < 4.78 is 5.35. The molecule has 1 aliphatic rings. The lowest BCUT2D eigenvalue weighted by molar-refractivity contribution is -0.136. The Labute approximate surface area is 151 Å². The molecular weight excluding hydrogens is 336 g/mol. The predicted molar refractivity (Wildman–Crippen MR) is 98.9 cm³/mol. The molecular formula is C19H22N2O3S. The summed E-state index contributed by atoms with van der Waals surface area (Å²) in [5.74, 6) is 0.351. The third-order valence-electron chi connectivity index (χ3n) is 4.47. The van der Waals surface area contributed by atoms with Crippen LogP contribution in [0.5, 0.6) is 5.75 Å². The molecule has 1 saturated heterocycles. The van der Waals surface area contributed by atoms with E-state index in [-0.39, 0.29) is 24.2 Å². The molecule has 2 aromatic rings. The van der Waals surface area contributed by atoms with Crippen LogP contribution in [0.15, 0.2) is 41.8 Å². The van der Waals surface area contributed by atoms with Crippen LogP contribution in [0, 0.1) is 5.92 Å². The first-order chi connectivity index (χ1) is 12.1. The number of methoxy groups -OCH3 is 1. The van der Waals surface area contributed by atoms with Crippen LogP contribution in [0.3, 0.4) is 0 Å². The molecule has 1 fully saturated rings. The molecule has 3 rings (SSSR count). The number of ether oxygens (including phenoxy) is 1. The second kappa shape index (κ2) is 7.70. The lowest BCUT2D eigenvalue weighted by Gasteiger charge is -2.24. The van der Waals surface area contributed by atoms with E-state index in [9.17, 15) is 9.59 Å². The zero-order valence-electron chi connectivity index (χ0n) is 14.5. The molecule has 1 unspecified atom stereocenters. The summed E-state index contributed by atoms with van der Waals surface area (Å²) in [6, 6.07) is 11.4. The van der Waals surface area contributed by atoms with Crippen molar-refractivity contribution in [3.63, 3.8) is 0 Å². The fourth-order valence-corrected chi connectivity index (χ4v) is 3.87. The van der Waals surface area contributed by atoms with Crippen LogP contribution >= 0.6 is 11.3 Å².